The van der Waals surface area contributed by atoms with E-state index in [9.17, 15) is 9.59 Å². The zero-order valence-corrected chi connectivity index (χ0v) is 15.8. The molecular weight excluding hydrogens is 344 g/mol. The van der Waals surface area contributed by atoms with Crippen LogP contribution in [-0.2, 0) is 20.9 Å². The van der Waals surface area contributed by atoms with Crippen LogP contribution in [0.5, 0.6) is 5.75 Å². The molecule has 0 fully saturated rings. The van der Waals surface area contributed by atoms with E-state index >= 15 is 0 Å². The van der Waals surface area contributed by atoms with Gasteiger partial charge < -0.3 is 19.7 Å². The van der Waals surface area contributed by atoms with Crippen LogP contribution in [0.3, 0.4) is 0 Å². The summed E-state index contributed by atoms with van der Waals surface area (Å²) in [6, 6.07) is 17.0. The first-order valence-electron chi connectivity index (χ1n) is 8.90. The molecule has 0 spiro atoms. The van der Waals surface area contributed by atoms with Gasteiger partial charge in [0.05, 0.1) is 0 Å². The number of carbonyl (C=O) groups is 2. The van der Waals surface area contributed by atoms with Crippen molar-refractivity contribution in [2.45, 2.75) is 20.0 Å². The Labute approximate surface area is 160 Å². The van der Waals surface area contributed by atoms with Crippen LogP contribution in [0, 0.1) is 0 Å². The molecule has 6 heteroatoms. The molecule has 2 aromatic carbocycles. The summed E-state index contributed by atoms with van der Waals surface area (Å²) in [4.78, 5) is 25.4. The summed E-state index contributed by atoms with van der Waals surface area (Å²) in [6.45, 7) is 3.00. The van der Waals surface area contributed by atoms with Gasteiger partial charge in [0.1, 0.15) is 18.9 Å². The van der Waals surface area contributed by atoms with Gasteiger partial charge in [0.2, 0.25) is 11.8 Å². The van der Waals surface area contributed by atoms with Gasteiger partial charge >= 0.3 is 0 Å². The molecule has 0 atom stereocenters. The van der Waals surface area contributed by atoms with E-state index in [1.54, 1.807) is 31.4 Å². The first-order valence-corrected chi connectivity index (χ1v) is 8.90. The zero-order valence-electron chi connectivity index (χ0n) is 15.8. The van der Waals surface area contributed by atoms with Gasteiger partial charge in [-0.15, -0.1) is 0 Å². The van der Waals surface area contributed by atoms with Gasteiger partial charge in [0.25, 0.3) is 0 Å². The van der Waals surface area contributed by atoms with E-state index in [4.69, 9.17) is 9.47 Å². The SMILES string of the molecule is COCCCNC(=O)CN(C(C)=O)c1ccc(OCc2ccccc2)cc1. The van der Waals surface area contributed by atoms with E-state index in [1.807, 2.05) is 30.3 Å². The molecule has 6 nitrogen and oxygen atoms in total. The van der Waals surface area contributed by atoms with Crippen LogP contribution in [0.15, 0.2) is 54.6 Å². The zero-order chi connectivity index (χ0) is 19.5. The van der Waals surface area contributed by atoms with Crippen LogP contribution in [0.1, 0.15) is 18.9 Å². The predicted molar refractivity (Wildman–Crippen MR) is 105 cm³/mol. The highest BCUT2D eigenvalue weighted by atomic mass is 16.5. The number of methoxy groups -OCH3 is 1. The number of nitrogens with zero attached hydrogens (tertiary/aromatic N) is 1. The Hall–Kier alpha value is -2.86. The Bertz CT molecular complexity index is 717. The Balaban J connectivity index is 1.90. The molecule has 0 unspecified atom stereocenters. The fourth-order valence-electron chi connectivity index (χ4n) is 2.49. The monoisotopic (exact) mass is 370 g/mol. The maximum Gasteiger partial charge on any atom is 0.240 e. The Morgan fingerprint density at radius 2 is 1.74 bits per heavy atom. The van der Waals surface area contributed by atoms with Gasteiger partial charge in [-0.2, -0.15) is 0 Å². The topological polar surface area (TPSA) is 67.9 Å². The highest BCUT2D eigenvalue weighted by Gasteiger charge is 2.15. The number of hydrogen-bond donors (Lipinski definition) is 1. The maximum atomic E-state index is 12.1. The lowest BCUT2D eigenvalue weighted by atomic mass is 10.2. The van der Waals surface area contributed by atoms with Crippen molar-refractivity contribution >= 4 is 17.5 Å². The molecule has 0 aliphatic rings. The van der Waals surface area contributed by atoms with Crippen LogP contribution in [0.2, 0.25) is 0 Å². The maximum absolute atomic E-state index is 12.1. The van der Waals surface area contributed by atoms with Crippen molar-refractivity contribution in [1.82, 2.24) is 5.32 Å². The Morgan fingerprint density at radius 1 is 1.04 bits per heavy atom. The number of amides is 2. The molecule has 2 aromatic rings. The Morgan fingerprint density at radius 3 is 2.37 bits per heavy atom. The quantitative estimate of drug-likeness (QED) is 0.653. The van der Waals surface area contributed by atoms with Crippen molar-refractivity contribution in [2.24, 2.45) is 0 Å². The largest absolute Gasteiger partial charge is 0.489 e. The summed E-state index contributed by atoms with van der Waals surface area (Å²) in [5.41, 5.74) is 1.73. The number of carbonyl (C=O) groups excluding carboxylic acids is 2. The van der Waals surface area contributed by atoms with Gasteiger partial charge in [0, 0.05) is 32.9 Å². The summed E-state index contributed by atoms with van der Waals surface area (Å²) < 4.78 is 10.7. The molecular formula is C21H26N2O4. The number of anilines is 1. The third kappa shape index (κ3) is 7.11. The highest BCUT2D eigenvalue weighted by Crippen LogP contribution is 2.20. The lowest BCUT2D eigenvalue weighted by Crippen LogP contribution is -2.40. The average molecular weight is 370 g/mol. The number of hydrogen-bond acceptors (Lipinski definition) is 4. The molecule has 0 bridgehead atoms. The predicted octanol–water partition coefficient (Wildman–Crippen LogP) is 2.77. The van der Waals surface area contributed by atoms with Gasteiger partial charge in [-0.05, 0) is 36.2 Å². The summed E-state index contributed by atoms with van der Waals surface area (Å²) in [7, 11) is 1.62. The molecule has 27 heavy (non-hydrogen) atoms. The fraction of sp³-hybridized carbons (Fsp3) is 0.333. The van der Waals surface area contributed by atoms with E-state index in [0.717, 1.165) is 12.0 Å². The van der Waals surface area contributed by atoms with Crippen LogP contribution in [0.25, 0.3) is 0 Å². The normalized spacial score (nSPS) is 10.3. The van der Waals surface area contributed by atoms with Crippen molar-refractivity contribution in [3.8, 4) is 5.75 Å². The molecule has 0 radical (unpaired) electrons. The number of nitrogens with one attached hydrogen (secondary N) is 1. The first kappa shape index (κ1) is 20.5. The van der Waals surface area contributed by atoms with Gasteiger partial charge in [0.15, 0.2) is 0 Å². The lowest BCUT2D eigenvalue weighted by Gasteiger charge is -2.21. The molecule has 0 saturated carbocycles. The van der Waals surface area contributed by atoms with Crippen molar-refractivity contribution in [1.29, 1.82) is 0 Å². The molecule has 0 saturated heterocycles. The number of rotatable bonds is 10. The summed E-state index contributed by atoms with van der Waals surface area (Å²) >= 11 is 0. The fourth-order valence-corrected chi connectivity index (χ4v) is 2.49. The standard InChI is InChI=1S/C21H26N2O4/c1-17(24)23(15-21(25)22-13-6-14-26-2)19-9-11-20(12-10-19)27-16-18-7-4-3-5-8-18/h3-5,7-12H,6,13-16H2,1-2H3,(H,22,25). The van der Waals surface area contributed by atoms with Crippen molar-refractivity contribution in [3.63, 3.8) is 0 Å². The van der Waals surface area contributed by atoms with Crippen LogP contribution < -0.4 is 15.0 Å². The van der Waals surface area contributed by atoms with Crippen molar-refractivity contribution < 1.29 is 19.1 Å². The average Bonchev–Trinajstić information content (AvgIpc) is 2.69. The third-order valence-electron chi connectivity index (χ3n) is 3.93. The lowest BCUT2D eigenvalue weighted by molar-refractivity contribution is -0.123. The smallest absolute Gasteiger partial charge is 0.240 e. The molecule has 0 aliphatic heterocycles. The molecule has 0 heterocycles. The van der Waals surface area contributed by atoms with Gasteiger partial charge in [-0.25, -0.2) is 0 Å². The molecule has 0 aromatic heterocycles. The van der Waals surface area contributed by atoms with Gasteiger partial charge in [-0.3, -0.25) is 9.59 Å². The minimum atomic E-state index is -0.203. The molecule has 0 aliphatic carbocycles. The molecule has 2 amide bonds. The highest BCUT2D eigenvalue weighted by molar-refractivity contribution is 5.97. The number of ether oxygens (including phenoxy) is 2. The van der Waals surface area contributed by atoms with E-state index < -0.39 is 0 Å². The minimum absolute atomic E-state index is 0.0213. The van der Waals surface area contributed by atoms with Crippen LogP contribution in [0.4, 0.5) is 5.69 Å². The first-order chi connectivity index (χ1) is 13.1. The van der Waals surface area contributed by atoms with E-state index in [-0.39, 0.29) is 18.4 Å². The minimum Gasteiger partial charge on any atom is -0.489 e. The van der Waals surface area contributed by atoms with Gasteiger partial charge in [-0.1, -0.05) is 30.3 Å². The van der Waals surface area contributed by atoms with E-state index in [2.05, 4.69) is 5.32 Å². The molecule has 1 N–H and O–H groups in total. The Kier molecular flexibility index (Phi) is 8.32. The van der Waals surface area contributed by atoms with Crippen LogP contribution >= 0.6 is 0 Å². The summed E-state index contributed by atoms with van der Waals surface area (Å²) in [5, 5.41) is 2.78. The second-order valence-electron chi connectivity index (χ2n) is 6.07. The third-order valence-corrected chi connectivity index (χ3v) is 3.93. The molecule has 2 rings (SSSR count). The van der Waals surface area contributed by atoms with Crippen molar-refractivity contribution in [3.05, 3.63) is 60.2 Å². The van der Waals surface area contributed by atoms with Crippen molar-refractivity contribution in [2.75, 3.05) is 31.7 Å². The molecule has 144 valence electrons. The summed E-state index contributed by atoms with van der Waals surface area (Å²) in [6.07, 6.45) is 0.732. The number of benzene rings is 2. The van der Waals surface area contributed by atoms with Crippen LogP contribution in [-0.4, -0.2) is 38.6 Å². The second kappa shape index (κ2) is 11.0. The van der Waals surface area contributed by atoms with E-state index in [1.165, 1.54) is 11.8 Å². The summed E-state index contributed by atoms with van der Waals surface area (Å²) in [5.74, 6) is 0.306. The second-order valence-corrected chi connectivity index (χ2v) is 6.07. The van der Waals surface area contributed by atoms with E-state index in [0.29, 0.717) is 31.2 Å².